The minimum Gasteiger partial charge on any atom is -0.494 e. The smallest absolute Gasteiger partial charge is 0.243 e. The summed E-state index contributed by atoms with van der Waals surface area (Å²) in [7, 11) is 0. The Morgan fingerprint density at radius 2 is 1.41 bits per heavy atom. The molecule has 0 fully saturated rings. The van der Waals surface area contributed by atoms with Gasteiger partial charge in [0.25, 0.3) is 0 Å². The second-order valence-corrected chi connectivity index (χ2v) is 5.84. The first-order valence-electron chi connectivity index (χ1n) is 9.28. The predicted molar refractivity (Wildman–Crippen MR) is 108 cm³/mol. The number of rotatable bonds is 12. The van der Waals surface area contributed by atoms with E-state index in [1.165, 1.54) is 0 Å². The van der Waals surface area contributed by atoms with E-state index in [0.29, 0.717) is 26.4 Å². The van der Waals surface area contributed by atoms with E-state index in [9.17, 15) is 4.79 Å². The van der Waals surface area contributed by atoms with Crippen molar-refractivity contribution in [3.8, 4) is 11.5 Å². The zero-order valence-corrected chi connectivity index (χ0v) is 16.0. The Bertz CT molecular complexity index is 672. The number of carbonyl (C=O) groups excluding carboxylic acids is 1. The van der Waals surface area contributed by atoms with Gasteiger partial charge in [0.15, 0.2) is 0 Å². The van der Waals surface area contributed by atoms with E-state index >= 15 is 0 Å². The molecule has 0 saturated heterocycles. The van der Waals surface area contributed by atoms with Gasteiger partial charge in [0.05, 0.1) is 19.8 Å². The van der Waals surface area contributed by atoms with Crippen LogP contribution in [0, 0.1) is 0 Å². The molecule has 0 radical (unpaired) electrons. The maximum absolute atomic E-state index is 12.1. The van der Waals surface area contributed by atoms with Crippen molar-refractivity contribution in [2.75, 3.05) is 43.6 Å². The molecular weight excluding hydrogens is 344 g/mol. The van der Waals surface area contributed by atoms with Crippen molar-refractivity contribution in [2.24, 2.45) is 0 Å². The summed E-state index contributed by atoms with van der Waals surface area (Å²) in [5, 5.41) is 5.94. The molecule has 0 unspecified atom stereocenters. The third-order valence-electron chi connectivity index (χ3n) is 3.62. The SMILES string of the molecule is CCCOc1ccc(NC(=O)CNc2ccc(OCCOCC)cc2)cc1. The van der Waals surface area contributed by atoms with E-state index in [-0.39, 0.29) is 12.5 Å². The summed E-state index contributed by atoms with van der Waals surface area (Å²) in [5.74, 6) is 1.46. The Morgan fingerprint density at radius 3 is 2.00 bits per heavy atom. The maximum atomic E-state index is 12.1. The molecule has 0 heterocycles. The topological polar surface area (TPSA) is 68.8 Å². The molecule has 1 amide bonds. The lowest BCUT2D eigenvalue weighted by Gasteiger charge is -2.10. The lowest BCUT2D eigenvalue weighted by Crippen LogP contribution is -2.21. The molecule has 2 N–H and O–H groups in total. The molecule has 6 heteroatoms. The van der Waals surface area contributed by atoms with E-state index in [4.69, 9.17) is 14.2 Å². The Morgan fingerprint density at radius 1 is 0.815 bits per heavy atom. The summed E-state index contributed by atoms with van der Waals surface area (Å²) in [6, 6.07) is 14.8. The van der Waals surface area contributed by atoms with Crippen LogP contribution in [0.1, 0.15) is 20.3 Å². The minimum atomic E-state index is -0.116. The van der Waals surface area contributed by atoms with E-state index in [1.807, 2.05) is 55.5 Å². The third-order valence-corrected chi connectivity index (χ3v) is 3.62. The number of anilines is 2. The first-order chi connectivity index (χ1) is 13.2. The first kappa shape index (κ1) is 20.6. The van der Waals surface area contributed by atoms with Gasteiger partial charge in [-0.2, -0.15) is 0 Å². The van der Waals surface area contributed by atoms with Gasteiger partial charge in [-0.3, -0.25) is 4.79 Å². The molecule has 0 saturated carbocycles. The van der Waals surface area contributed by atoms with Crippen LogP contribution >= 0.6 is 0 Å². The quantitative estimate of drug-likeness (QED) is 0.552. The molecule has 0 aliphatic rings. The van der Waals surface area contributed by atoms with Crippen LogP contribution in [-0.2, 0) is 9.53 Å². The lowest BCUT2D eigenvalue weighted by molar-refractivity contribution is -0.114. The Hall–Kier alpha value is -2.73. The molecule has 27 heavy (non-hydrogen) atoms. The van der Waals surface area contributed by atoms with Gasteiger partial charge in [0, 0.05) is 18.0 Å². The molecule has 6 nitrogen and oxygen atoms in total. The largest absolute Gasteiger partial charge is 0.494 e. The van der Waals surface area contributed by atoms with Crippen molar-refractivity contribution >= 4 is 17.3 Å². The van der Waals surface area contributed by atoms with Crippen LogP contribution in [0.5, 0.6) is 11.5 Å². The highest BCUT2D eigenvalue weighted by Crippen LogP contribution is 2.17. The number of hydrogen-bond donors (Lipinski definition) is 2. The van der Waals surface area contributed by atoms with Crippen LogP contribution in [0.2, 0.25) is 0 Å². The van der Waals surface area contributed by atoms with Crippen molar-refractivity contribution in [1.29, 1.82) is 0 Å². The summed E-state index contributed by atoms with van der Waals surface area (Å²) < 4.78 is 16.3. The van der Waals surface area contributed by atoms with Crippen molar-refractivity contribution in [3.05, 3.63) is 48.5 Å². The van der Waals surface area contributed by atoms with E-state index in [2.05, 4.69) is 17.6 Å². The van der Waals surface area contributed by atoms with Crippen LogP contribution < -0.4 is 20.1 Å². The minimum absolute atomic E-state index is 0.116. The van der Waals surface area contributed by atoms with Crippen LogP contribution in [0.4, 0.5) is 11.4 Å². The average Bonchev–Trinajstić information content (AvgIpc) is 2.70. The van der Waals surface area contributed by atoms with Crippen LogP contribution in [0.25, 0.3) is 0 Å². The normalized spacial score (nSPS) is 10.3. The summed E-state index contributed by atoms with van der Waals surface area (Å²) in [6.45, 7) is 6.65. The number of carbonyl (C=O) groups is 1. The number of ether oxygens (including phenoxy) is 3. The second kappa shape index (κ2) is 11.8. The standard InChI is InChI=1S/C21H28N2O4/c1-3-13-26-19-11-7-18(8-12-19)23-21(24)16-22-17-5-9-20(10-6-17)27-15-14-25-4-2/h5-12,22H,3-4,13-16H2,1-2H3,(H,23,24). The number of amides is 1. The van der Waals surface area contributed by atoms with Crippen LogP contribution in [-0.4, -0.2) is 38.9 Å². The number of nitrogens with one attached hydrogen (secondary N) is 2. The summed E-state index contributed by atoms with van der Waals surface area (Å²) >= 11 is 0. The highest BCUT2D eigenvalue weighted by atomic mass is 16.5. The van der Waals surface area contributed by atoms with E-state index in [0.717, 1.165) is 29.3 Å². The molecule has 0 aliphatic carbocycles. The zero-order chi connectivity index (χ0) is 19.3. The van der Waals surface area contributed by atoms with Crippen molar-refractivity contribution in [1.82, 2.24) is 0 Å². The van der Waals surface area contributed by atoms with Crippen LogP contribution in [0.15, 0.2) is 48.5 Å². The predicted octanol–water partition coefficient (Wildman–Crippen LogP) is 3.94. The summed E-state index contributed by atoms with van der Waals surface area (Å²) in [5.41, 5.74) is 1.59. The molecule has 2 aromatic carbocycles. The van der Waals surface area contributed by atoms with Gasteiger partial charge in [-0.1, -0.05) is 6.92 Å². The second-order valence-electron chi connectivity index (χ2n) is 5.84. The van der Waals surface area contributed by atoms with Crippen molar-refractivity contribution in [2.45, 2.75) is 20.3 Å². The maximum Gasteiger partial charge on any atom is 0.243 e. The first-order valence-corrected chi connectivity index (χ1v) is 9.28. The Balaban J connectivity index is 1.71. The Labute approximate surface area is 160 Å². The van der Waals surface area contributed by atoms with Gasteiger partial charge in [0.2, 0.25) is 5.91 Å². The molecule has 146 valence electrons. The molecule has 0 aromatic heterocycles. The third kappa shape index (κ3) is 8.00. The van der Waals surface area contributed by atoms with Crippen molar-refractivity contribution in [3.63, 3.8) is 0 Å². The monoisotopic (exact) mass is 372 g/mol. The highest BCUT2D eigenvalue weighted by molar-refractivity contribution is 5.93. The Kier molecular flexibility index (Phi) is 9.00. The molecule has 0 atom stereocenters. The van der Waals surface area contributed by atoms with Gasteiger partial charge in [-0.25, -0.2) is 0 Å². The van der Waals surface area contributed by atoms with E-state index < -0.39 is 0 Å². The number of hydrogen-bond acceptors (Lipinski definition) is 5. The average molecular weight is 372 g/mol. The zero-order valence-electron chi connectivity index (χ0n) is 16.0. The molecule has 2 aromatic rings. The fraction of sp³-hybridized carbons (Fsp3) is 0.381. The molecule has 0 aliphatic heterocycles. The van der Waals surface area contributed by atoms with Gasteiger partial charge >= 0.3 is 0 Å². The fourth-order valence-electron chi connectivity index (χ4n) is 2.27. The molecular formula is C21H28N2O4. The summed E-state index contributed by atoms with van der Waals surface area (Å²) in [4.78, 5) is 12.1. The number of benzene rings is 2. The van der Waals surface area contributed by atoms with E-state index in [1.54, 1.807) is 0 Å². The van der Waals surface area contributed by atoms with Gasteiger partial charge in [-0.15, -0.1) is 0 Å². The fourth-order valence-corrected chi connectivity index (χ4v) is 2.27. The molecule has 2 rings (SSSR count). The molecule has 0 spiro atoms. The molecule has 0 bridgehead atoms. The van der Waals surface area contributed by atoms with Gasteiger partial charge in [0.1, 0.15) is 18.1 Å². The highest BCUT2D eigenvalue weighted by Gasteiger charge is 2.03. The summed E-state index contributed by atoms with van der Waals surface area (Å²) in [6.07, 6.45) is 0.963. The van der Waals surface area contributed by atoms with Crippen LogP contribution in [0.3, 0.4) is 0 Å². The van der Waals surface area contributed by atoms with Gasteiger partial charge in [-0.05, 0) is 61.9 Å². The lowest BCUT2D eigenvalue weighted by atomic mass is 10.3. The van der Waals surface area contributed by atoms with Gasteiger partial charge < -0.3 is 24.8 Å². The van der Waals surface area contributed by atoms with Crippen molar-refractivity contribution < 1.29 is 19.0 Å².